The van der Waals surface area contributed by atoms with Crippen molar-refractivity contribution in [1.82, 2.24) is 15.5 Å². The maximum atomic E-state index is 13.7. The zero-order chi connectivity index (χ0) is 28.1. The van der Waals surface area contributed by atoms with E-state index >= 15 is 0 Å². The second-order valence-electron chi connectivity index (χ2n) is 8.60. The van der Waals surface area contributed by atoms with Crippen LogP contribution in [0.3, 0.4) is 0 Å². The molecule has 0 bridgehead atoms. The summed E-state index contributed by atoms with van der Waals surface area (Å²) in [6.45, 7) is 2.23. The average Bonchev–Trinajstić information content (AvgIpc) is 3.15. The van der Waals surface area contributed by atoms with Gasteiger partial charge in [-0.05, 0) is 43.2 Å². The minimum Gasteiger partial charge on any atom is -0.475 e. The van der Waals surface area contributed by atoms with Gasteiger partial charge >= 0.3 is 12.1 Å². The predicted octanol–water partition coefficient (Wildman–Crippen LogP) is 2.90. The van der Waals surface area contributed by atoms with Gasteiger partial charge in [0.1, 0.15) is 28.6 Å². The smallest absolute Gasteiger partial charge is 0.475 e. The average molecular weight is 546 g/mol. The normalized spacial score (nSPS) is 17.0. The highest BCUT2D eigenvalue weighted by molar-refractivity contribution is 5.95. The van der Waals surface area contributed by atoms with E-state index in [2.05, 4.69) is 15.5 Å². The largest absolute Gasteiger partial charge is 0.490 e. The van der Waals surface area contributed by atoms with Crippen molar-refractivity contribution < 1.29 is 45.8 Å². The number of hydrogen-bond donors (Lipinski definition) is 3. The molecular formula is C24H24F6N4O4. The number of likely N-dealkylation sites (tertiary alicyclic amines) is 1. The van der Waals surface area contributed by atoms with Crippen LogP contribution in [0.2, 0.25) is 0 Å². The maximum absolute atomic E-state index is 13.7. The molecular weight excluding hydrogens is 522 g/mol. The fourth-order valence-corrected chi connectivity index (χ4v) is 4.35. The van der Waals surface area contributed by atoms with E-state index in [1.165, 1.54) is 18.2 Å². The Balaban J connectivity index is 0.000000505. The quantitative estimate of drug-likeness (QED) is 0.499. The molecule has 0 unspecified atom stereocenters. The van der Waals surface area contributed by atoms with Gasteiger partial charge in [0.2, 0.25) is 5.91 Å². The van der Waals surface area contributed by atoms with E-state index in [1.807, 2.05) is 4.90 Å². The van der Waals surface area contributed by atoms with Crippen LogP contribution in [0.15, 0.2) is 42.5 Å². The molecule has 38 heavy (non-hydrogen) atoms. The third kappa shape index (κ3) is 6.54. The van der Waals surface area contributed by atoms with Crippen molar-refractivity contribution in [3.05, 3.63) is 65.5 Å². The number of alkyl halides is 3. The van der Waals surface area contributed by atoms with Gasteiger partial charge in [0.25, 0.3) is 5.91 Å². The molecule has 2 fully saturated rings. The van der Waals surface area contributed by atoms with Gasteiger partial charge in [-0.1, -0.05) is 12.1 Å². The van der Waals surface area contributed by atoms with Gasteiger partial charge in [0, 0.05) is 31.9 Å². The molecule has 0 aliphatic carbocycles. The highest BCUT2D eigenvalue weighted by atomic mass is 19.4. The van der Waals surface area contributed by atoms with Crippen LogP contribution < -0.4 is 15.5 Å². The molecule has 2 aromatic carbocycles. The summed E-state index contributed by atoms with van der Waals surface area (Å²) in [5.41, 5.74) is -0.663. The number of nitrogens with zero attached hydrogens (tertiary/aromatic N) is 2. The maximum Gasteiger partial charge on any atom is 0.490 e. The molecule has 0 saturated carbocycles. The molecule has 0 atom stereocenters. The van der Waals surface area contributed by atoms with Crippen molar-refractivity contribution in [2.75, 3.05) is 37.7 Å². The molecule has 206 valence electrons. The Morgan fingerprint density at radius 2 is 1.61 bits per heavy atom. The molecule has 3 N–H and O–H groups in total. The lowest BCUT2D eigenvalue weighted by atomic mass is 9.85. The molecule has 2 aromatic rings. The number of nitrogens with one attached hydrogen (secondary N) is 2. The van der Waals surface area contributed by atoms with E-state index in [9.17, 15) is 35.9 Å². The third-order valence-corrected chi connectivity index (χ3v) is 6.29. The highest BCUT2D eigenvalue weighted by Gasteiger charge is 2.50. The van der Waals surface area contributed by atoms with Crippen LogP contribution >= 0.6 is 0 Å². The van der Waals surface area contributed by atoms with E-state index in [1.54, 1.807) is 12.1 Å². The van der Waals surface area contributed by atoms with Gasteiger partial charge in [0.15, 0.2) is 0 Å². The van der Waals surface area contributed by atoms with E-state index in [0.29, 0.717) is 44.8 Å². The van der Waals surface area contributed by atoms with Crippen molar-refractivity contribution in [1.29, 1.82) is 0 Å². The predicted molar refractivity (Wildman–Crippen MR) is 123 cm³/mol. The molecule has 2 amide bonds. The number of piperidine rings is 1. The van der Waals surface area contributed by atoms with Gasteiger partial charge in [-0.25, -0.2) is 18.0 Å². The van der Waals surface area contributed by atoms with Crippen molar-refractivity contribution in [3.8, 4) is 0 Å². The van der Waals surface area contributed by atoms with E-state index in [0.717, 1.165) is 12.1 Å². The summed E-state index contributed by atoms with van der Waals surface area (Å²) in [7, 11) is 0. The van der Waals surface area contributed by atoms with Crippen LogP contribution in [-0.4, -0.2) is 72.4 Å². The number of hydrogen-bond acceptors (Lipinski definition) is 5. The summed E-state index contributed by atoms with van der Waals surface area (Å²) in [6.07, 6.45) is -3.99. The summed E-state index contributed by atoms with van der Waals surface area (Å²) in [6, 6.07) is 9.49. The molecule has 14 heteroatoms. The molecule has 2 aliphatic rings. The molecule has 2 saturated heterocycles. The molecule has 4 rings (SSSR count). The SMILES string of the molecule is O=C(NCCN1CCC2(CC1)C(=O)NCN2c1cccc(F)c1)c1c(F)cccc1F.O=C(O)C(F)(F)F. The number of rotatable bonds is 5. The van der Waals surface area contributed by atoms with Crippen LogP contribution in [-0.2, 0) is 9.59 Å². The zero-order valence-electron chi connectivity index (χ0n) is 19.8. The Morgan fingerprint density at radius 1 is 1.03 bits per heavy atom. The van der Waals surface area contributed by atoms with Crippen molar-refractivity contribution >= 4 is 23.5 Å². The minimum atomic E-state index is -5.08. The Morgan fingerprint density at radius 3 is 2.16 bits per heavy atom. The third-order valence-electron chi connectivity index (χ3n) is 6.29. The Bertz CT molecular complexity index is 1160. The summed E-state index contributed by atoms with van der Waals surface area (Å²) in [5.74, 6) is -5.78. The number of amides is 2. The second-order valence-corrected chi connectivity index (χ2v) is 8.60. The topological polar surface area (TPSA) is 102 Å². The van der Waals surface area contributed by atoms with E-state index in [4.69, 9.17) is 9.90 Å². The number of anilines is 1. The number of carbonyl (C=O) groups excluding carboxylic acids is 2. The lowest BCUT2D eigenvalue weighted by molar-refractivity contribution is -0.192. The van der Waals surface area contributed by atoms with Crippen molar-refractivity contribution in [3.63, 3.8) is 0 Å². The first kappa shape index (κ1) is 28.8. The van der Waals surface area contributed by atoms with E-state index in [-0.39, 0.29) is 18.3 Å². The summed E-state index contributed by atoms with van der Waals surface area (Å²) in [5, 5.41) is 12.5. The highest BCUT2D eigenvalue weighted by Crippen LogP contribution is 2.36. The van der Waals surface area contributed by atoms with Gasteiger partial charge in [-0.15, -0.1) is 0 Å². The number of benzene rings is 2. The molecule has 0 aromatic heterocycles. The van der Waals surface area contributed by atoms with Crippen molar-refractivity contribution in [2.45, 2.75) is 24.6 Å². The van der Waals surface area contributed by atoms with Gasteiger partial charge < -0.3 is 25.5 Å². The number of halogens is 6. The van der Waals surface area contributed by atoms with E-state index < -0.39 is 40.8 Å². The molecule has 8 nitrogen and oxygen atoms in total. The first-order valence-electron chi connectivity index (χ1n) is 11.4. The van der Waals surface area contributed by atoms with Crippen LogP contribution in [0.5, 0.6) is 0 Å². The first-order chi connectivity index (χ1) is 17.8. The number of carbonyl (C=O) groups is 3. The zero-order valence-corrected chi connectivity index (χ0v) is 19.8. The molecule has 1 spiro atoms. The number of aliphatic carboxylic acids is 1. The lowest BCUT2D eigenvalue weighted by Crippen LogP contribution is -2.57. The standard InChI is InChI=1S/C22H23F3N4O2.C2HF3O2/c23-15-3-1-4-16(13-15)29-14-27-21(31)22(29)7-10-28(11-8-22)12-9-26-20(30)19-17(24)5-2-6-18(19)25;3-2(4,5)1(6)7/h1-6,13H,7-12,14H2,(H,26,30)(H,27,31);(H,6,7). The van der Waals surface area contributed by atoms with Gasteiger partial charge in [-0.2, -0.15) is 13.2 Å². The fraction of sp³-hybridized carbons (Fsp3) is 0.375. The second kappa shape index (κ2) is 11.7. The summed E-state index contributed by atoms with van der Waals surface area (Å²) >= 11 is 0. The lowest BCUT2D eigenvalue weighted by Gasteiger charge is -2.43. The molecule has 2 aliphatic heterocycles. The first-order valence-corrected chi connectivity index (χ1v) is 11.4. The van der Waals surface area contributed by atoms with Gasteiger partial charge in [0.05, 0.1) is 6.67 Å². The number of carboxylic acid groups (broad SMARTS) is 1. The van der Waals surface area contributed by atoms with Crippen LogP contribution in [0.4, 0.5) is 32.0 Å². The molecule has 0 radical (unpaired) electrons. The Labute approximate surface area is 213 Å². The summed E-state index contributed by atoms with van der Waals surface area (Å²) < 4.78 is 72.9. The van der Waals surface area contributed by atoms with Crippen LogP contribution in [0.1, 0.15) is 23.2 Å². The Kier molecular flexibility index (Phi) is 8.86. The van der Waals surface area contributed by atoms with Gasteiger partial charge in [-0.3, -0.25) is 9.59 Å². The fourth-order valence-electron chi connectivity index (χ4n) is 4.35. The summed E-state index contributed by atoms with van der Waals surface area (Å²) in [4.78, 5) is 37.7. The number of carboxylic acids is 1. The molecule has 2 heterocycles. The van der Waals surface area contributed by atoms with Crippen molar-refractivity contribution in [2.24, 2.45) is 0 Å². The Hall–Kier alpha value is -3.81. The van der Waals surface area contributed by atoms with Crippen LogP contribution in [0.25, 0.3) is 0 Å². The minimum absolute atomic E-state index is 0.0697. The monoisotopic (exact) mass is 546 g/mol. The van der Waals surface area contributed by atoms with Crippen LogP contribution in [0, 0.1) is 17.5 Å².